The Balaban J connectivity index is 1.91. The van der Waals surface area contributed by atoms with Gasteiger partial charge in [0.15, 0.2) is 0 Å². The van der Waals surface area contributed by atoms with Gasteiger partial charge in [-0.05, 0) is 5.92 Å². The zero-order valence-corrected chi connectivity index (χ0v) is 13.5. The van der Waals surface area contributed by atoms with Crippen molar-refractivity contribution in [3.05, 3.63) is 0 Å². The molecular formula is C15H30BSi. The summed E-state index contributed by atoms with van der Waals surface area (Å²) in [4.78, 5) is 0. The van der Waals surface area contributed by atoms with E-state index >= 15 is 0 Å². The van der Waals surface area contributed by atoms with E-state index in [-0.39, 0.29) is 8.80 Å². The highest BCUT2D eigenvalue weighted by molar-refractivity contribution is 6.58. The molecule has 17 heavy (non-hydrogen) atoms. The lowest BCUT2D eigenvalue weighted by Crippen LogP contribution is -2.34. The van der Waals surface area contributed by atoms with Gasteiger partial charge >= 0.3 is 0 Å². The summed E-state index contributed by atoms with van der Waals surface area (Å²) in [5.41, 5.74) is 0. The van der Waals surface area contributed by atoms with Gasteiger partial charge < -0.3 is 0 Å². The third-order valence-electron chi connectivity index (χ3n) is 5.53. The Labute approximate surface area is 111 Å². The molecule has 97 valence electrons. The fourth-order valence-electron chi connectivity index (χ4n) is 3.97. The Morgan fingerprint density at radius 2 is 1.41 bits per heavy atom. The van der Waals surface area contributed by atoms with E-state index in [1.54, 1.807) is 12.1 Å². The van der Waals surface area contributed by atoms with Gasteiger partial charge in [-0.2, -0.15) is 0 Å². The van der Waals surface area contributed by atoms with Crippen molar-refractivity contribution < 1.29 is 0 Å². The SMILES string of the molecule is CC1CCC(C)([B]C2(C)CC[SiH](C)CC2)CC1. The molecule has 1 saturated carbocycles. The van der Waals surface area contributed by atoms with Crippen molar-refractivity contribution in [3.63, 3.8) is 0 Å². The Kier molecular flexibility index (Phi) is 4.12. The molecule has 0 atom stereocenters. The summed E-state index contributed by atoms with van der Waals surface area (Å²) < 4.78 is 0. The summed E-state index contributed by atoms with van der Waals surface area (Å²) in [5, 5.41) is 1.14. The van der Waals surface area contributed by atoms with Crippen molar-refractivity contribution in [2.45, 2.75) is 88.6 Å². The zero-order chi connectivity index (χ0) is 12.5. The fourth-order valence-corrected chi connectivity index (χ4v) is 6.57. The van der Waals surface area contributed by atoms with Gasteiger partial charge in [-0.15, -0.1) is 0 Å². The summed E-state index contributed by atoms with van der Waals surface area (Å²) in [6.07, 6.45) is 8.77. The molecule has 0 amide bonds. The minimum Gasteiger partial charge on any atom is -0.0720 e. The van der Waals surface area contributed by atoms with E-state index in [1.165, 1.54) is 38.5 Å². The lowest BCUT2D eigenvalue weighted by Gasteiger charge is -2.45. The molecule has 1 aliphatic heterocycles. The minimum atomic E-state index is -0.286. The monoisotopic (exact) mass is 249 g/mol. The van der Waals surface area contributed by atoms with Gasteiger partial charge in [-0.3, -0.25) is 0 Å². The summed E-state index contributed by atoms with van der Waals surface area (Å²) in [7, 11) is 2.51. The van der Waals surface area contributed by atoms with Gasteiger partial charge in [0, 0.05) is 8.80 Å². The first-order valence-corrected chi connectivity index (χ1v) is 10.6. The van der Waals surface area contributed by atoms with Crippen LogP contribution in [-0.4, -0.2) is 16.1 Å². The number of rotatable bonds is 2. The predicted molar refractivity (Wildman–Crippen MR) is 82.0 cm³/mol. The lowest BCUT2D eigenvalue weighted by atomic mass is 9.35. The van der Waals surface area contributed by atoms with E-state index in [4.69, 9.17) is 0 Å². The lowest BCUT2D eigenvalue weighted by molar-refractivity contribution is 0.311. The topological polar surface area (TPSA) is 0 Å². The van der Waals surface area contributed by atoms with Gasteiger partial charge in [0.2, 0.25) is 0 Å². The summed E-state index contributed by atoms with van der Waals surface area (Å²) in [6.45, 7) is 10.1. The van der Waals surface area contributed by atoms with Crippen molar-refractivity contribution in [1.82, 2.24) is 0 Å². The van der Waals surface area contributed by atoms with Gasteiger partial charge in [0.25, 0.3) is 0 Å². The van der Waals surface area contributed by atoms with E-state index in [0.29, 0.717) is 10.6 Å². The van der Waals surface area contributed by atoms with Crippen LogP contribution in [0.3, 0.4) is 0 Å². The highest BCUT2D eigenvalue weighted by Gasteiger charge is 2.39. The van der Waals surface area contributed by atoms with E-state index in [1.807, 2.05) is 0 Å². The average molecular weight is 249 g/mol. The zero-order valence-electron chi connectivity index (χ0n) is 12.4. The molecule has 0 unspecified atom stereocenters. The summed E-state index contributed by atoms with van der Waals surface area (Å²) >= 11 is 0. The standard InChI is InChI=1S/C15H30BSi/c1-13-5-7-14(2,8-6-13)16-15(3)9-11-17(4)12-10-15/h13,17H,5-12H2,1-4H3. The molecule has 0 spiro atoms. The third-order valence-corrected chi connectivity index (χ3v) is 8.08. The second kappa shape index (κ2) is 5.11. The second-order valence-corrected chi connectivity index (χ2v) is 11.2. The average Bonchev–Trinajstić information content (AvgIpc) is 2.28. The molecule has 2 fully saturated rings. The van der Waals surface area contributed by atoms with Gasteiger partial charge in [0.1, 0.15) is 7.28 Å². The van der Waals surface area contributed by atoms with Crippen LogP contribution in [0.1, 0.15) is 59.3 Å². The first-order valence-electron chi connectivity index (χ1n) is 7.78. The Morgan fingerprint density at radius 1 is 0.941 bits per heavy atom. The molecule has 0 N–H and O–H groups in total. The predicted octanol–water partition coefficient (Wildman–Crippen LogP) is 4.91. The van der Waals surface area contributed by atoms with Crippen molar-refractivity contribution >= 4 is 16.1 Å². The van der Waals surface area contributed by atoms with Crippen LogP contribution >= 0.6 is 0 Å². The van der Waals surface area contributed by atoms with Crippen LogP contribution in [0.5, 0.6) is 0 Å². The first-order chi connectivity index (χ1) is 7.91. The van der Waals surface area contributed by atoms with Crippen LogP contribution in [0.25, 0.3) is 0 Å². The Bertz CT molecular complexity index is 222. The maximum absolute atomic E-state index is 2.80. The van der Waals surface area contributed by atoms with E-state index in [9.17, 15) is 0 Å². The molecule has 1 heterocycles. The van der Waals surface area contributed by atoms with Crippen LogP contribution in [-0.2, 0) is 0 Å². The maximum Gasteiger partial charge on any atom is 0.125 e. The largest absolute Gasteiger partial charge is 0.125 e. The van der Waals surface area contributed by atoms with Gasteiger partial charge in [-0.25, -0.2) is 0 Å². The maximum atomic E-state index is 2.80. The summed E-state index contributed by atoms with van der Waals surface area (Å²) in [5.74, 6) is 0.975. The van der Waals surface area contributed by atoms with Crippen LogP contribution in [0, 0.1) is 5.92 Å². The molecule has 1 radical (unpaired) electrons. The van der Waals surface area contributed by atoms with Crippen molar-refractivity contribution in [2.75, 3.05) is 0 Å². The summed E-state index contributed by atoms with van der Waals surface area (Å²) in [6, 6.07) is 3.17. The molecule has 0 aromatic carbocycles. The number of hydrogen-bond acceptors (Lipinski definition) is 0. The van der Waals surface area contributed by atoms with Crippen molar-refractivity contribution in [2.24, 2.45) is 5.92 Å². The van der Waals surface area contributed by atoms with Crippen LogP contribution in [0.4, 0.5) is 0 Å². The molecule has 1 aliphatic carbocycles. The minimum absolute atomic E-state index is 0.286. The molecular weight excluding hydrogens is 219 g/mol. The Morgan fingerprint density at radius 3 is 1.94 bits per heavy atom. The molecule has 2 heteroatoms. The third kappa shape index (κ3) is 3.62. The molecule has 2 aliphatic rings. The van der Waals surface area contributed by atoms with Crippen LogP contribution in [0.2, 0.25) is 29.3 Å². The smallest absolute Gasteiger partial charge is 0.0720 e. The normalized spacial score (nSPS) is 47.8. The fraction of sp³-hybridized carbons (Fsp3) is 1.00. The van der Waals surface area contributed by atoms with E-state index in [2.05, 4.69) is 34.6 Å². The molecule has 0 nitrogen and oxygen atoms in total. The molecule has 2 rings (SSSR count). The van der Waals surface area contributed by atoms with Crippen LogP contribution in [0.15, 0.2) is 0 Å². The second-order valence-electron chi connectivity index (χ2n) is 7.82. The molecule has 0 aromatic rings. The highest BCUT2D eigenvalue weighted by atomic mass is 28.3. The highest BCUT2D eigenvalue weighted by Crippen LogP contribution is 2.53. The van der Waals surface area contributed by atoms with E-state index < -0.39 is 0 Å². The number of hydrogen-bond donors (Lipinski definition) is 0. The Hall–Kier alpha value is 0.282. The van der Waals surface area contributed by atoms with Gasteiger partial charge in [0.05, 0.1) is 0 Å². The molecule has 0 aromatic heterocycles. The molecule has 0 bridgehead atoms. The van der Waals surface area contributed by atoms with Crippen molar-refractivity contribution in [3.8, 4) is 0 Å². The van der Waals surface area contributed by atoms with Gasteiger partial charge in [-0.1, -0.05) is 88.6 Å². The molecule has 1 saturated heterocycles. The van der Waals surface area contributed by atoms with Crippen LogP contribution < -0.4 is 0 Å². The quantitative estimate of drug-likeness (QED) is 0.610. The van der Waals surface area contributed by atoms with E-state index in [0.717, 1.165) is 5.92 Å². The van der Waals surface area contributed by atoms with Crippen molar-refractivity contribution in [1.29, 1.82) is 0 Å². The first kappa shape index (κ1) is 13.7.